The molecule has 6 aromatic rings. The number of hydrogen-bond acceptors (Lipinski definition) is 5. The molecule has 0 bridgehead atoms. The number of carboxylic acid groups (broad SMARTS) is 2. The van der Waals surface area contributed by atoms with Crippen LogP contribution in [0.1, 0.15) is 35.4 Å². The minimum atomic E-state index is -1.38. The van der Waals surface area contributed by atoms with Gasteiger partial charge in [-0.25, -0.2) is 0 Å². The summed E-state index contributed by atoms with van der Waals surface area (Å²) in [4.78, 5) is 48.7. The van der Waals surface area contributed by atoms with E-state index >= 15 is 0 Å². The van der Waals surface area contributed by atoms with Gasteiger partial charge in [0.1, 0.15) is 10.8 Å². The molecule has 0 saturated carbocycles. The van der Waals surface area contributed by atoms with Gasteiger partial charge in [0, 0.05) is 71.2 Å². The van der Waals surface area contributed by atoms with Crippen LogP contribution in [-0.4, -0.2) is 47.0 Å². The van der Waals surface area contributed by atoms with Gasteiger partial charge in [-0.15, -0.1) is 0 Å². The molecule has 0 spiro atoms. The van der Waals surface area contributed by atoms with Gasteiger partial charge in [-0.2, -0.15) is 0 Å². The average Bonchev–Trinajstić information content (AvgIpc) is 3.84. The predicted molar refractivity (Wildman–Crippen MR) is 198 cm³/mol. The maximum absolute atomic E-state index is 13.8. The molecule has 8 rings (SSSR count). The maximum Gasteiger partial charge on any atom is 0.319 e. The lowest BCUT2D eigenvalue weighted by Crippen LogP contribution is -2.38. The summed E-state index contributed by atoms with van der Waals surface area (Å²) >= 11 is 0. The second-order valence-corrected chi connectivity index (χ2v) is 13.4. The van der Waals surface area contributed by atoms with Crippen molar-refractivity contribution < 1.29 is 24.6 Å². The van der Waals surface area contributed by atoms with Crippen LogP contribution in [0.3, 0.4) is 0 Å². The molecule has 0 amide bonds. The first kappa shape index (κ1) is 32.6. The van der Waals surface area contributed by atoms with Crippen LogP contribution in [0, 0.1) is 0 Å². The Morgan fingerprint density at radius 3 is 1.46 bits per heavy atom. The van der Waals surface area contributed by atoms with Crippen LogP contribution in [0.25, 0.3) is 21.8 Å². The number of rotatable bonds is 10. The molecular formula is C43H34N4O5. The second-order valence-electron chi connectivity index (χ2n) is 13.4. The lowest BCUT2D eigenvalue weighted by molar-refractivity contribution is -0.143. The van der Waals surface area contributed by atoms with Gasteiger partial charge in [0.05, 0.1) is 11.0 Å². The van der Waals surface area contributed by atoms with Gasteiger partial charge in [0.15, 0.2) is 5.78 Å². The zero-order chi connectivity index (χ0) is 35.9. The van der Waals surface area contributed by atoms with Gasteiger partial charge in [0.2, 0.25) is 0 Å². The summed E-state index contributed by atoms with van der Waals surface area (Å²) in [5.74, 6) is -2.33. The molecule has 2 N–H and O–H groups in total. The van der Waals surface area contributed by atoms with E-state index in [2.05, 4.69) is 22.1 Å². The van der Waals surface area contributed by atoms with E-state index in [-0.39, 0.29) is 18.6 Å². The number of aromatic nitrogens is 4. The van der Waals surface area contributed by atoms with Gasteiger partial charge in [0.25, 0.3) is 0 Å². The number of nitrogens with zero attached hydrogens (tertiary/aromatic N) is 4. The van der Waals surface area contributed by atoms with Crippen molar-refractivity contribution in [1.82, 2.24) is 19.1 Å². The van der Waals surface area contributed by atoms with Crippen molar-refractivity contribution in [1.29, 1.82) is 0 Å². The molecule has 9 heteroatoms. The van der Waals surface area contributed by atoms with Crippen molar-refractivity contribution in [2.45, 2.75) is 36.8 Å². The van der Waals surface area contributed by atoms with E-state index < -0.39 is 22.8 Å². The molecule has 2 atom stereocenters. The van der Waals surface area contributed by atoms with E-state index in [0.29, 0.717) is 35.6 Å². The molecule has 4 heterocycles. The molecule has 2 aliphatic carbocycles. The molecule has 2 aliphatic rings. The van der Waals surface area contributed by atoms with Gasteiger partial charge in [-0.3, -0.25) is 24.4 Å². The molecule has 4 aromatic heterocycles. The van der Waals surface area contributed by atoms with Gasteiger partial charge in [-0.1, -0.05) is 72.9 Å². The Hall–Kier alpha value is -6.61. The average molecular weight is 687 g/mol. The number of benzene rings is 2. The molecule has 9 nitrogen and oxygen atoms in total. The highest BCUT2D eigenvalue weighted by atomic mass is 16.4. The van der Waals surface area contributed by atoms with Crippen molar-refractivity contribution >= 4 is 39.5 Å². The normalized spacial score (nSPS) is 19.8. The number of carbonyl (C=O) groups excluding carboxylic acids is 1. The summed E-state index contributed by atoms with van der Waals surface area (Å²) in [7, 11) is 0. The number of carboxylic acids is 2. The van der Waals surface area contributed by atoms with Gasteiger partial charge < -0.3 is 19.3 Å². The number of hydrogen-bond donors (Lipinski definition) is 2. The summed E-state index contributed by atoms with van der Waals surface area (Å²) in [5, 5.41) is 23.1. The monoisotopic (exact) mass is 686 g/mol. The Morgan fingerprint density at radius 1 is 0.615 bits per heavy atom. The Kier molecular flexibility index (Phi) is 8.10. The second kappa shape index (κ2) is 12.9. The van der Waals surface area contributed by atoms with Crippen LogP contribution in [0.4, 0.5) is 0 Å². The lowest BCUT2D eigenvalue weighted by atomic mass is 9.74. The summed E-state index contributed by atoms with van der Waals surface area (Å²) in [6.07, 6.45) is 17.1. The highest BCUT2D eigenvalue weighted by molar-refractivity contribution is 6.12. The maximum atomic E-state index is 13.8. The molecule has 256 valence electrons. The van der Waals surface area contributed by atoms with E-state index in [9.17, 15) is 24.6 Å². The standard InChI is InChI=1S/C43H34N4O5/c48-39(31-13-17-42(18-14-31,40(49)50)37-11-5-21-46(37)27-29-23-33-7-1-3-9-35(33)44-25-29)32-15-19-43(20-16-32,41(51)52)38-12-6-22-47(38)28-30-24-34-8-2-4-10-36(34)45-26-30/h1-17,19,21-26H,18,20,27-28H2,(H,49,50)(H,51,52). The van der Waals surface area contributed by atoms with Crippen molar-refractivity contribution in [2.75, 3.05) is 0 Å². The third-order valence-electron chi connectivity index (χ3n) is 10.2. The topological polar surface area (TPSA) is 127 Å². The van der Waals surface area contributed by atoms with Gasteiger partial charge >= 0.3 is 11.9 Å². The molecule has 0 aliphatic heterocycles. The minimum absolute atomic E-state index is 0.0765. The first-order chi connectivity index (χ1) is 25.3. The van der Waals surface area contributed by atoms with Crippen molar-refractivity contribution in [3.8, 4) is 0 Å². The summed E-state index contributed by atoms with van der Waals surface area (Å²) in [5.41, 5.74) is 2.81. The fraction of sp³-hybridized carbons (Fsp3) is 0.140. The van der Waals surface area contributed by atoms with E-state index in [1.54, 1.807) is 61.0 Å². The van der Waals surface area contributed by atoms with Crippen molar-refractivity contribution in [3.05, 3.63) is 180 Å². The molecule has 0 radical (unpaired) electrons. The number of Topliss-reactive ketones (excluding diaryl/α,β-unsaturated/α-hetero) is 1. The minimum Gasteiger partial charge on any atom is -0.480 e. The largest absolute Gasteiger partial charge is 0.480 e. The molecule has 2 aromatic carbocycles. The van der Waals surface area contributed by atoms with E-state index in [4.69, 9.17) is 0 Å². The molecule has 2 unspecified atom stereocenters. The Morgan fingerprint density at radius 2 is 1.06 bits per heavy atom. The van der Waals surface area contributed by atoms with Crippen molar-refractivity contribution in [3.63, 3.8) is 0 Å². The number of carbonyl (C=O) groups is 3. The first-order valence-corrected chi connectivity index (χ1v) is 17.0. The molecule has 0 fully saturated rings. The highest BCUT2D eigenvalue weighted by Crippen LogP contribution is 2.39. The molecule has 52 heavy (non-hydrogen) atoms. The quantitative estimate of drug-likeness (QED) is 0.156. The zero-order valence-electron chi connectivity index (χ0n) is 28.1. The predicted octanol–water partition coefficient (Wildman–Crippen LogP) is 7.17. The Labute approximate surface area is 299 Å². The van der Waals surface area contributed by atoms with E-state index in [0.717, 1.165) is 32.9 Å². The van der Waals surface area contributed by atoms with Gasteiger partial charge in [-0.05, 0) is 72.5 Å². The van der Waals surface area contributed by atoms with Crippen LogP contribution in [-0.2, 0) is 38.3 Å². The van der Waals surface area contributed by atoms with Crippen LogP contribution in [0.15, 0.2) is 157 Å². The lowest BCUT2D eigenvalue weighted by Gasteiger charge is -2.30. The van der Waals surface area contributed by atoms with Crippen LogP contribution >= 0.6 is 0 Å². The van der Waals surface area contributed by atoms with Crippen LogP contribution in [0.2, 0.25) is 0 Å². The number of ketones is 1. The zero-order valence-corrected chi connectivity index (χ0v) is 28.1. The summed E-state index contributed by atoms with van der Waals surface area (Å²) in [6.45, 7) is 0.869. The van der Waals surface area contributed by atoms with Crippen LogP contribution in [0.5, 0.6) is 0 Å². The number of fused-ring (bicyclic) bond motifs is 2. The SMILES string of the molecule is O=C(C1=CCC(C(=O)O)(c2cccn2Cc2cnc3ccccc3c2)C=C1)C1=CCC(C(=O)O)(c2cccn2Cc2cnc3ccccc3c2)C=C1. The number of allylic oxidation sites excluding steroid dienone is 6. The Bertz CT molecular complexity index is 2360. The number of para-hydroxylation sites is 2. The third kappa shape index (κ3) is 5.66. The fourth-order valence-electron chi connectivity index (χ4n) is 7.41. The molecular weight excluding hydrogens is 652 g/mol. The smallest absolute Gasteiger partial charge is 0.319 e. The number of aliphatic carboxylic acids is 2. The van der Waals surface area contributed by atoms with Crippen molar-refractivity contribution in [2.24, 2.45) is 0 Å². The van der Waals surface area contributed by atoms with E-state index in [1.807, 2.05) is 82.2 Å². The highest BCUT2D eigenvalue weighted by Gasteiger charge is 2.43. The third-order valence-corrected chi connectivity index (χ3v) is 10.2. The summed E-state index contributed by atoms with van der Waals surface area (Å²) < 4.78 is 3.82. The van der Waals surface area contributed by atoms with Crippen LogP contribution < -0.4 is 0 Å². The Balaban J connectivity index is 1.01. The number of pyridine rings is 2. The van der Waals surface area contributed by atoms with E-state index in [1.165, 1.54) is 0 Å². The summed E-state index contributed by atoms with van der Waals surface area (Å²) in [6, 6.07) is 27.0. The molecule has 0 saturated heterocycles. The fourth-order valence-corrected chi connectivity index (χ4v) is 7.41. The first-order valence-electron chi connectivity index (χ1n) is 17.0.